The first kappa shape index (κ1) is 43.4. The number of carbonyl (C=O) groups excluding carboxylic acids is 2. The van der Waals surface area contributed by atoms with Crippen molar-refractivity contribution in [1.82, 2.24) is 8.87 Å². The molecule has 63 heavy (non-hydrogen) atoms. The molecule has 9 rings (SSSR count). The van der Waals surface area contributed by atoms with E-state index in [2.05, 4.69) is 0 Å². The number of carbonyl (C=O) groups is 3. The minimum absolute atomic E-state index is 0.0251. The van der Waals surface area contributed by atoms with E-state index in [9.17, 15) is 43.2 Å². The Labute approximate surface area is 360 Å². The minimum Gasteiger partial charge on any atom is -0.477 e. The van der Waals surface area contributed by atoms with Gasteiger partial charge in [-0.2, -0.15) is 4.31 Å². The Balaban J connectivity index is 1.11. The number of anilines is 2. The molecule has 2 unspecified atom stereocenters. The van der Waals surface area contributed by atoms with Gasteiger partial charge in [0.25, 0.3) is 0 Å². The molecule has 0 amide bonds. The number of aliphatic hydroxyl groups is 3. The quantitative estimate of drug-likeness (QED) is 0.199. The number of nitrogen functional groups attached to an aromatic ring is 1. The van der Waals surface area contributed by atoms with Gasteiger partial charge in [0, 0.05) is 54.7 Å². The normalized spacial score (nSPS) is 33.7. The molecule has 9 atom stereocenters. The Hall–Kier alpha value is -4.88. The number of fused-ring (bicyclic) bond motifs is 6. The predicted octanol–water partition coefficient (Wildman–Crippen LogP) is 4.36. The summed E-state index contributed by atoms with van der Waals surface area (Å²) in [4.78, 5) is 55.8. The second-order valence-corrected chi connectivity index (χ2v) is 20.7. The van der Waals surface area contributed by atoms with Gasteiger partial charge in [-0.1, -0.05) is 25.5 Å². The maximum atomic E-state index is 17.9. The lowest BCUT2D eigenvalue weighted by molar-refractivity contribution is -0.221. The van der Waals surface area contributed by atoms with Gasteiger partial charge < -0.3 is 35.6 Å². The third kappa shape index (κ3) is 5.86. The highest BCUT2D eigenvalue weighted by Crippen LogP contribution is 2.71. The molecule has 0 bridgehead atoms. The molecule has 14 nitrogen and oxygen atoms in total. The van der Waals surface area contributed by atoms with Crippen molar-refractivity contribution in [3.8, 4) is 0 Å². The lowest BCUT2D eigenvalue weighted by atomic mass is 9.44. The average molecular weight is 895 g/mol. The standard InChI is InChI=1S/C45H49F3N4O10S/c1-22-18-30-29-11-4-23-19-26(53)12-13-42(23,2)44(29,48)32(54)21-43(30,3)45(22,60)40(57)39(56)37-33(41(58)59)38(55)28-20-31(46)36(34(47)35(28)52(37)25-7-8-25)50-14-16-51(17-15-50)63(61,62)27-9-5-24(49)6-10-27/h5-6,9-10,12-13,19-20,22,25,29-30,32,39,54,56,60H,4,7-8,11,14-18,21,49H2,1-3H3,(H,58,59)/t22-,29+,30+,32+,39?,42+,43+,44?,45+/m1/s1. The Bertz CT molecular complexity index is 2750. The number of aliphatic hydroxyl groups excluding tert-OH is 2. The average Bonchev–Trinajstić information content (AvgIpc) is 4.05. The first-order chi connectivity index (χ1) is 29.5. The first-order valence-electron chi connectivity index (χ1n) is 21.2. The molecule has 5 fully saturated rings. The van der Waals surface area contributed by atoms with Gasteiger partial charge in [-0.15, -0.1) is 0 Å². The summed E-state index contributed by atoms with van der Waals surface area (Å²) >= 11 is 0. The van der Waals surface area contributed by atoms with E-state index in [-0.39, 0.29) is 49.7 Å². The number of pyridine rings is 1. The number of allylic oxidation sites excluding steroid dienone is 4. The van der Waals surface area contributed by atoms with Gasteiger partial charge in [0.2, 0.25) is 15.5 Å². The summed E-state index contributed by atoms with van der Waals surface area (Å²) in [6.45, 7) is 3.95. The van der Waals surface area contributed by atoms with Crippen molar-refractivity contribution in [1.29, 1.82) is 0 Å². The molecule has 0 radical (unpaired) electrons. The maximum Gasteiger partial charge on any atom is 0.341 e. The summed E-state index contributed by atoms with van der Waals surface area (Å²) in [7, 11) is -4.01. The zero-order valence-electron chi connectivity index (χ0n) is 34.9. The van der Waals surface area contributed by atoms with Gasteiger partial charge in [-0.3, -0.25) is 14.4 Å². The Morgan fingerprint density at radius 1 is 1.00 bits per heavy atom. The first-order valence-corrected chi connectivity index (χ1v) is 22.7. The van der Waals surface area contributed by atoms with Crippen LogP contribution in [-0.2, 0) is 19.6 Å². The molecule has 6 aliphatic rings. The Kier molecular flexibility index (Phi) is 9.85. The van der Waals surface area contributed by atoms with Crippen molar-refractivity contribution in [3.05, 3.63) is 87.2 Å². The van der Waals surface area contributed by atoms with Crippen LogP contribution >= 0.6 is 0 Å². The molecule has 1 aromatic heterocycles. The largest absolute Gasteiger partial charge is 0.477 e. The van der Waals surface area contributed by atoms with Crippen LogP contribution in [0.4, 0.5) is 24.5 Å². The van der Waals surface area contributed by atoms with Gasteiger partial charge in [0.1, 0.15) is 22.7 Å². The van der Waals surface area contributed by atoms with E-state index in [4.69, 9.17) is 5.73 Å². The monoisotopic (exact) mass is 894 g/mol. The second-order valence-electron chi connectivity index (χ2n) is 18.8. The number of benzene rings is 2. The number of hydrogen-bond acceptors (Lipinski definition) is 11. The molecule has 4 saturated carbocycles. The molecule has 336 valence electrons. The van der Waals surface area contributed by atoms with E-state index in [0.29, 0.717) is 36.6 Å². The van der Waals surface area contributed by atoms with Crippen LogP contribution in [0.15, 0.2) is 63.8 Å². The van der Waals surface area contributed by atoms with Crippen molar-refractivity contribution >= 4 is 49.8 Å². The minimum atomic E-state index is -4.01. The lowest BCUT2D eigenvalue weighted by Crippen LogP contribution is -2.69. The van der Waals surface area contributed by atoms with Crippen LogP contribution in [0.1, 0.15) is 87.5 Å². The van der Waals surface area contributed by atoms with Crippen LogP contribution in [0.3, 0.4) is 0 Å². The highest BCUT2D eigenvalue weighted by atomic mass is 32.2. The summed E-state index contributed by atoms with van der Waals surface area (Å²) in [5, 5.41) is 46.8. The molecular formula is C45H49F3N4O10S. The smallest absolute Gasteiger partial charge is 0.341 e. The van der Waals surface area contributed by atoms with Crippen molar-refractivity contribution < 1.29 is 56.4 Å². The summed E-state index contributed by atoms with van der Waals surface area (Å²) < 4.78 is 80.2. The number of halogens is 3. The van der Waals surface area contributed by atoms with Gasteiger partial charge in [-0.05, 0) is 99.8 Å². The third-order valence-electron chi connectivity index (χ3n) is 15.7. The van der Waals surface area contributed by atoms with Gasteiger partial charge in [-0.25, -0.2) is 26.4 Å². The van der Waals surface area contributed by atoms with E-state index in [0.717, 1.165) is 8.87 Å². The number of carboxylic acid groups (broad SMARTS) is 1. The second kappa shape index (κ2) is 14.3. The number of carboxylic acids is 1. The summed E-state index contributed by atoms with van der Waals surface area (Å²) in [5.41, 5.74) is -5.74. The third-order valence-corrected chi connectivity index (χ3v) is 17.6. The predicted molar refractivity (Wildman–Crippen MR) is 223 cm³/mol. The molecule has 2 heterocycles. The number of sulfonamides is 1. The van der Waals surface area contributed by atoms with Gasteiger partial charge in [0.15, 0.2) is 29.2 Å². The molecule has 5 aliphatic carbocycles. The number of rotatable bonds is 8. The number of nitrogens with two attached hydrogens (primary N) is 1. The fourth-order valence-electron chi connectivity index (χ4n) is 12.3. The summed E-state index contributed by atoms with van der Waals surface area (Å²) in [6.07, 6.45) is 0.467. The van der Waals surface area contributed by atoms with Crippen LogP contribution in [0, 0.1) is 40.2 Å². The van der Waals surface area contributed by atoms with E-state index in [1.54, 1.807) is 6.92 Å². The van der Waals surface area contributed by atoms with Crippen molar-refractivity contribution in [3.63, 3.8) is 0 Å². The molecular weight excluding hydrogens is 846 g/mol. The molecule has 2 aromatic carbocycles. The fraction of sp³-hybridized carbons (Fsp3) is 0.511. The van der Waals surface area contributed by atoms with Crippen LogP contribution < -0.4 is 16.1 Å². The lowest BCUT2D eigenvalue weighted by Gasteiger charge is -2.62. The van der Waals surface area contributed by atoms with Crippen molar-refractivity contribution in [2.24, 2.45) is 28.6 Å². The van der Waals surface area contributed by atoms with Crippen LogP contribution in [0.2, 0.25) is 0 Å². The SMILES string of the molecule is C[C@@H]1C[C@H]2[C@@H]3CCC4=CC(=O)C=C[C@]4(C)C3(F)[C@@H](O)C[C@]2(C)[C@@]1(O)C(=O)C(O)c1c(C(=O)O)c(=O)c2cc(F)c(N3CCN(S(=O)(=O)c4ccc(N)cc4)CC3)c(F)c2n1C1CC1. The Morgan fingerprint density at radius 2 is 1.65 bits per heavy atom. The number of aromatic carboxylic acids is 1. The molecule has 1 aliphatic heterocycles. The number of Topliss-reactive ketones (excluding diaryl/α,β-unsaturated/α-hetero) is 1. The number of ketones is 2. The van der Waals surface area contributed by atoms with E-state index < -0.39 is 131 Å². The highest BCUT2D eigenvalue weighted by molar-refractivity contribution is 7.89. The number of piperazine rings is 1. The molecule has 18 heteroatoms. The van der Waals surface area contributed by atoms with Crippen LogP contribution in [0.5, 0.6) is 0 Å². The number of alkyl halides is 1. The van der Waals surface area contributed by atoms with Crippen LogP contribution in [0.25, 0.3) is 10.9 Å². The Morgan fingerprint density at radius 3 is 2.27 bits per heavy atom. The number of aromatic nitrogens is 1. The fourth-order valence-corrected chi connectivity index (χ4v) is 13.7. The van der Waals surface area contributed by atoms with E-state index in [1.165, 1.54) is 61.2 Å². The van der Waals surface area contributed by atoms with Gasteiger partial charge in [0.05, 0.1) is 27.6 Å². The molecule has 1 saturated heterocycles. The zero-order chi connectivity index (χ0) is 45.5. The van der Waals surface area contributed by atoms with Crippen molar-refractivity contribution in [2.45, 2.75) is 93.7 Å². The van der Waals surface area contributed by atoms with Crippen LogP contribution in [-0.4, -0.2) is 98.8 Å². The molecule has 6 N–H and O–H groups in total. The summed E-state index contributed by atoms with van der Waals surface area (Å²) in [6, 6.07) is 5.49. The van der Waals surface area contributed by atoms with E-state index in [1.807, 2.05) is 0 Å². The van der Waals surface area contributed by atoms with Crippen molar-refractivity contribution in [2.75, 3.05) is 36.8 Å². The molecule has 3 aromatic rings. The molecule has 0 spiro atoms. The number of nitrogens with zero attached hydrogens (tertiary/aromatic N) is 3. The van der Waals surface area contributed by atoms with E-state index >= 15 is 18.0 Å². The topological polar surface area (TPSA) is 221 Å². The van der Waals surface area contributed by atoms with Gasteiger partial charge >= 0.3 is 5.97 Å². The maximum absolute atomic E-state index is 17.9. The highest BCUT2D eigenvalue weighted by Gasteiger charge is 2.76. The number of hydrogen-bond donors (Lipinski definition) is 5. The summed E-state index contributed by atoms with van der Waals surface area (Å²) in [5.74, 6) is -8.71. The zero-order valence-corrected chi connectivity index (χ0v) is 35.7.